The molecule has 0 saturated heterocycles. The number of likely N-dealkylation sites (N-methyl/N-ethyl adjacent to an activating group) is 1. The lowest BCUT2D eigenvalue weighted by molar-refractivity contribution is -0.107. The van der Waals surface area contributed by atoms with Gasteiger partial charge in [-0.05, 0) is 56.2 Å². The second-order valence-corrected chi connectivity index (χ2v) is 6.94. The molecule has 21 heavy (non-hydrogen) atoms. The number of pyridine rings is 1. The first-order chi connectivity index (χ1) is 10.0. The lowest BCUT2D eigenvalue weighted by Crippen LogP contribution is -2.49. The molecule has 1 fully saturated rings. The van der Waals surface area contributed by atoms with E-state index in [1.54, 1.807) is 0 Å². The van der Waals surface area contributed by atoms with E-state index in [-0.39, 0.29) is 11.6 Å². The standard InChI is InChI=1S/C18H30N2O/c1-5-20-16(15-8-7-13-19-14-15)18(21-6-2)11-9-17(3,4)10-12-18/h7-8,13-14,16,20H,5-6,9-12H2,1-4H3. The summed E-state index contributed by atoms with van der Waals surface area (Å²) in [6.07, 6.45) is 8.47. The molecule has 1 aliphatic carbocycles. The van der Waals surface area contributed by atoms with Crippen molar-refractivity contribution in [1.82, 2.24) is 10.3 Å². The highest BCUT2D eigenvalue weighted by Gasteiger charge is 2.45. The summed E-state index contributed by atoms with van der Waals surface area (Å²) >= 11 is 0. The van der Waals surface area contributed by atoms with Gasteiger partial charge in [-0.3, -0.25) is 4.98 Å². The maximum Gasteiger partial charge on any atom is 0.0877 e. The van der Waals surface area contributed by atoms with Crippen molar-refractivity contribution in [2.45, 2.75) is 65.0 Å². The molecule has 0 spiro atoms. The Bertz CT molecular complexity index is 420. The van der Waals surface area contributed by atoms with Crippen molar-refractivity contribution in [3.8, 4) is 0 Å². The smallest absolute Gasteiger partial charge is 0.0877 e. The van der Waals surface area contributed by atoms with E-state index in [1.807, 2.05) is 18.5 Å². The van der Waals surface area contributed by atoms with Crippen LogP contribution in [0.2, 0.25) is 0 Å². The highest BCUT2D eigenvalue weighted by atomic mass is 16.5. The summed E-state index contributed by atoms with van der Waals surface area (Å²) < 4.78 is 6.34. The van der Waals surface area contributed by atoms with E-state index in [0.29, 0.717) is 5.41 Å². The second kappa shape index (κ2) is 6.89. The van der Waals surface area contributed by atoms with Gasteiger partial charge in [0.1, 0.15) is 0 Å². The number of nitrogens with zero attached hydrogens (tertiary/aromatic N) is 1. The average Bonchev–Trinajstić information content (AvgIpc) is 2.49. The van der Waals surface area contributed by atoms with Gasteiger partial charge in [0, 0.05) is 19.0 Å². The van der Waals surface area contributed by atoms with Crippen LogP contribution in [0.5, 0.6) is 0 Å². The Labute approximate surface area is 129 Å². The predicted octanol–water partition coefficient (Wildman–Crippen LogP) is 4.11. The van der Waals surface area contributed by atoms with Crippen LogP contribution in [0.1, 0.15) is 65.0 Å². The third kappa shape index (κ3) is 3.83. The van der Waals surface area contributed by atoms with Crippen molar-refractivity contribution in [1.29, 1.82) is 0 Å². The monoisotopic (exact) mass is 290 g/mol. The van der Waals surface area contributed by atoms with Crippen LogP contribution >= 0.6 is 0 Å². The van der Waals surface area contributed by atoms with E-state index < -0.39 is 0 Å². The Morgan fingerprint density at radius 2 is 1.95 bits per heavy atom. The molecule has 0 aliphatic heterocycles. The SMILES string of the molecule is CCNC(c1cccnc1)C1(OCC)CCC(C)(C)CC1. The van der Waals surface area contributed by atoms with Crippen LogP contribution in [0, 0.1) is 5.41 Å². The molecular weight excluding hydrogens is 260 g/mol. The second-order valence-electron chi connectivity index (χ2n) is 6.94. The van der Waals surface area contributed by atoms with Crippen molar-refractivity contribution in [3.05, 3.63) is 30.1 Å². The van der Waals surface area contributed by atoms with Gasteiger partial charge < -0.3 is 10.1 Å². The van der Waals surface area contributed by atoms with Gasteiger partial charge in [0.15, 0.2) is 0 Å². The molecule has 0 radical (unpaired) electrons. The van der Waals surface area contributed by atoms with Gasteiger partial charge in [-0.15, -0.1) is 0 Å². The van der Waals surface area contributed by atoms with E-state index >= 15 is 0 Å². The number of hydrogen-bond donors (Lipinski definition) is 1. The van der Waals surface area contributed by atoms with Gasteiger partial charge in [-0.2, -0.15) is 0 Å². The summed E-state index contributed by atoms with van der Waals surface area (Å²) in [6, 6.07) is 4.42. The van der Waals surface area contributed by atoms with Crippen LogP contribution in [0.25, 0.3) is 0 Å². The number of rotatable bonds is 6. The van der Waals surface area contributed by atoms with Gasteiger partial charge in [0.2, 0.25) is 0 Å². The molecule has 1 aliphatic rings. The fourth-order valence-electron chi connectivity index (χ4n) is 3.51. The normalized spacial score (nSPS) is 21.9. The zero-order chi connectivity index (χ0) is 15.3. The fraction of sp³-hybridized carbons (Fsp3) is 0.722. The third-order valence-corrected chi connectivity index (χ3v) is 4.83. The van der Waals surface area contributed by atoms with Gasteiger partial charge in [0.25, 0.3) is 0 Å². The molecule has 1 saturated carbocycles. The largest absolute Gasteiger partial charge is 0.373 e. The summed E-state index contributed by atoms with van der Waals surface area (Å²) in [7, 11) is 0. The summed E-state index contributed by atoms with van der Waals surface area (Å²) in [5.41, 5.74) is 1.59. The Morgan fingerprint density at radius 3 is 2.48 bits per heavy atom. The van der Waals surface area contributed by atoms with Crippen molar-refractivity contribution < 1.29 is 4.74 Å². The molecule has 0 aromatic carbocycles. The van der Waals surface area contributed by atoms with Crippen LogP contribution in [-0.4, -0.2) is 23.7 Å². The van der Waals surface area contributed by atoms with Crippen LogP contribution in [0.4, 0.5) is 0 Å². The zero-order valence-electron chi connectivity index (χ0n) is 14.0. The first-order valence-corrected chi connectivity index (χ1v) is 8.30. The van der Waals surface area contributed by atoms with Crippen LogP contribution in [-0.2, 0) is 4.74 Å². The maximum atomic E-state index is 6.34. The minimum Gasteiger partial charge on any atom is -0.373 e. The van der Waals surface area contributed by atoms with Gasteiger partial charge >= 0.3 is 0 Å². The predicted molar refractivity (Wildman–Crippen MR) is 87.3 cm³/mol. The number of ether oxygens (including phenoxy) is 1. The van der Waals surface area contributed by atoms with E-state index in [4.69, 9.17) is 4.74 Å². The van der Waals surface area contributed by atoms with Crippen molar-refractivity contribution >= 4 is 0 Å². The third-order valence-electron chi connectivity index (χ3n) is 4.83. The first kappa shape index (κ1) is 16.4. The molecular formula is C18H30N2O. The highest BCUT2D eigenvalue weighted by molar-refractivity contribution is 5.19. The molecule has 3 nitrogen and oxygen atoms in total. The van der Waals surface area contributed by atoms with Gasteiger partial charge in [-0.1, -0.05) is 26.8 Å². The molecule has 3 heteroatoms. The Kier molecular flexibility index (Phi) is 5.39. The Morgan fingerprint density at radius 1 is 1.24 bits per heavy atom. The Hall–Kier alpha value is -0.930. The fourth-order valence-corrected chi connectivity index (χ4v) is 3.51. The molecule has 0 bridgehead atoms. The quantitative estimate of drug-likeness (QED) is 0.856. The minimum atomic E-state index is -0.0939. The van der Waals surface area contributed by atoms with Gasteiger partial charge in [0.05, 0.1) is 11.6 Å². The summed E-state index contributed by atoms with van der Waals surface area (Å²) in [5, 5.41) is 3.66. The van der Waals surface area contributed by atoms with Crippen molar-refractivity contribution in [2.75, 3.05) is 13.2 Å². The van der Waals surface area contributed by atoms with E-state index in [1.165, 1.54) is 18.4 Å². The maximum absolute atomic E-state index is 6.34. The molecule has 1 atom stereocenters. The average molecular weight is 290 g/mol. The molecule has 1 aromatic rings. The molecule has 1 aromatic heterocycles. The van der Waals surface area contributed by atoms with Crippen molar-refractivity contribution in [2.24, 2.45) is 5.41 Å². The van der Waals surface area contributed by atoms with Gasteiger partial charge in [-0.25, -0.2) is 0 Å². The summed E-state index contributed by atoms with van der Waals surface area (Å²) in [4.78, 5) is 4.31. The molecule has 1 heterocycles. The lowest BCUT2D eigenvalue weighted by Gasteiger charge is -2.48. The molecule has 1 unspecified atom stereocenters. The molecule has 118 valence electrons. The lowest BCUT2D eigenvalue weighted by atomic mass is 9.67. The molecule has 2 rings (SSSR count). The summed E-state index contributed by atoms with van der Waals surface area (Å²) in [5.74, 6) is 0. The van der Waals surface area contributed by atoms with E-state index in [2.05, 4.69) is 44.1 Å². The number of aromatic nitrogens is 1. The highest BCUT2D eigenvalue weighted by Crippen LogP contribution is 2.47. The van der Waals surface area contributed by atoms with Crippen LogP contribution in [0.15, 0.2) is 24.5 Å². The number of hydrogen-bond acceptors (Lipinski definition) is 3. The van der Waals surface area contributed by atoms with Crippen LogP contribution < -0.4 is 5.32 Å². The zero-order valence-corrected chi connectivity index (χ0v) is 14.0. The van der Waals surface area contributed by atoms with E-state index in [9.17, 15) is 0 Å². The van der Waals surface area contributed by atoms with Crippen molar-refractivity contribution in [3.63, 3.8) is 0 Å². The topological polar surface area (TPSA) is 34.2 Å². The van der Waals surface area contributed by atoms with Crippen LogP contribution in [0.3, 0.4) is 0 Å². The Balaban J connectivity index is 2.29. The minimum absolute atomic E-state index is 0.0939. The molecule has 0 amide bonds. The molecule has 1 N–H and O–H groups in total. The number of nitrogens with one attached hydrogen (secondary N) is 1. The first-order valence-electron chi connectivity index (χ1n) is 8.30. The summed E-state index contributed by atoms with van der Waals surface area (Å²) in [6.45, 7) is 10.7. The van der Waals surface area contributed by atoms with E-state index in [0.717, 1.165) is 26.0 Å².